The van der Waals surface area contributed by atoms with Crippen molar-refractivity contribution in [2.75, 3.05) is 13.0 Å². The SMILES string of the molecule is NC(=O)c1ncn([C@@H]2O[C@H](COCP(=O)(O)O)[C@H](O)C2O)n1. The van der Waals surface area contributed by atoms with Crippen LogP contribution in [0.4, 0.5) is 0 Å². The molecule has 13 heteroatoms. The molecule has 2 rings (SSSR count). The lowest BCUT2D eigenvalue weighted by Gasteiger charge is -2.14. The third kappa shape index (κ3) is 3.87. The molecule has 1 unspecified atom stereocenters. The number of amides is 1. The summed E-state index contributed by atoms with van der Waals surface area (Å²) in [5, 5.41) is 23.4. The molecule has 1 aromatic rings. The van der Waals surface area contributed by atoms with E-state index in [1.54, 1.807) is 0 Å². The number of nitrogens with zero attached hydrogens (tertiary/aromatic N) is 3. The van der Waals surface area contributed by atoms with Gasteiger partial charge in [0.25, 0.3) is 5.91 Å². The van der Waals surface area contributed by atoms with Crippen molar-refractivity contribution >= 4 is 13.5 Å². The maximum atomic E-state index is 10.9. The van der Waals surface area contributed by atoms with Gasteiger partial charge in [-0.1, -0.05) is 0 Å². The van der Waals surface area contributed by atoms with Gasteiger partial charge in [-0.15, -0.1) is 5.10 Å². The summed E-state index contributed by atoms with van der Waals surface area (Å²) in [6, 6.07) is 0. The van der Waals surface area contributed by atoms with Crippen molar-refractivity contribution in [3.05, 3.63) is 12.2 Å². The molecule has 0 spiro atoms. The monoisotopic (exact) mass is 338 g/mol. The van der Waals surface area contributed by atoms with Crippen LogP contribution in [0.2, 0.25) is 0 Å². The predicted octanol–water partition coefficient (Wildman–Crippen LogP) is -2.85. The van der Waals surface area contributed by atoms with E-state index in [0.29, 0.717) is 0 Å². The fourth-order valence-corrected chi connectivity index (χ4v) is 2.23. The molecule has 1 saturated heterocycles. The van der Waals surface area contributed by atoms with Crippen LogP contribution in [-0.4, -0.2) is 71.9 Å². The van der Waals surface area contributed by atoms with Crippen LogP contribution in [-0.2, 0) is 14.0 Å². The van der Waals surface area contributed by atoms with Gasteiger partial charge in [0, 0.05) is 0 Å². The van der Waals surface area contributed by atoms with Gasteiger partial charge in [0.1, 0.15) is 31.0 Å². The normalized spacial score (nSPS) is 28.9. The largest absolute Gasteiger partial charge is 0.387 e. The van der Waals surface area contributed by atoms with Crippen LogP contribution in [0.5, 0.6) is 0 Å². The van der Waals surface area contributed by atoms with Crippen LogP contribution >= 0.6 is 7.60 Å². The second kappa shape index (κ2) is 6.38. The quantitative estimate of drug-likeness (QED) is 0.337. The van der Waals surface area contributed by atoms with Crippen molar-refractivity contribution in [2.45, 2.75) is 24.5 Å². The van der Waals surface area contributed by atoms with E-state index in [0.717, 1.165) is 11.0 Å². The lowest BCUT2D eigenvalue weighted by molar-refractivity contribution is -0.0677. The topological polar surface area (TPSA) is 190 Å². The second-order valence-electron chi connectivity index (χ2n) is 4.62. The minimum absolute atomic E-state index is 0.286. The van der Waals surface area contributed by atoms with Crippen LogP contribution in [0.1, 0.15) is 16.8 Å². The van der Waals surface area contributed by atoms with E-state index < -0.39 is 44.4 Å². The molecule has 12 nitrogen and oxygen atoms in total. The summed E-state index contributed by atoms with van der Waals surface area (Å²) in [6.45, 7) is -0.350. The standard InChI is InChI=1S/C9H15N4O8P/c10-7(16)8-11-2-13(12-8)9-6(15)5(14)4(21-9)1-20-3-22(17,18)19/h2,4-6,9,14-15H,1,3H2,(H2,10,16)(H2,17,18,19)/t4-,5+,6?,9-/m1/s1. The molecule has 1 aliphatic rings. The molecule has 0 saturated carbocycles. The average molecular weight is 338 g/mol. The Kier molecular flexibility index (Phi) is 4.92. The van der Waals surface area contributed by atoms with E-state index in [4.69, 9.17) is 25.0 Å². The molecular formula is C9H15N4O8P. The van der Waals surface area contributed by atoms with Crippen molar-refractivity contribution in [2.24, 2.45) is 5.73 Å². The lowest BCUT2D eigenvalue weighted by atomic mass is 10.1. The second-order valence-corrected chi connectivity index (χ2v) is 6.21. The van der Waals surface area contributed by atoms with E-state index in [-0.39, 0.29) is 12.4 Å². The van der Waals surface area contributed by atoms with Crippen molar-refractivity contribution in [3.8, 4) is 0 Å². The van der Waals surface area contributed by atoms with Crippen LogP contribution in [0.3, 0.4) is 0 Å². The van der Waals surface area contributed by atoms with Gasteiger partial charge in [-0.25, -0.2) is 9.67 Å². The van der Waals surface area contributed by atoms with E-state index >= 15 is 0 Å². The summed E-state index contributed by atoms with van der Waals surface area (Å²) in [4.78, 5) is 31.8. The van der Waals surface area contributed by atoms with E-state index in [9.17, 15) is 19.6 Å². The lowest BCUT2D eigenvalue weighted by Crippen LogP contribution is -2.34. The maximum Gasteiger partial charge on any atom is 0.350 e. The number of rotatable bonds is 6. The molecule has 0 aliphatic carbocycles. The smallest absolute Gasteiger partial charge is 0.350 e. The van der Waals surface area contributed by atoms with Gasteiger partial charge >= 0.3 is 7.60 Å². The number of nitrogens with two attached hydrogens (primary N) is 1. The number of aliphatic hydroxyl groups excluding tert-OH is 2. The first-order valence-electron chi connectivity index (χ1n) is 6.04. The Bertz CT molecular complexity index is 588. The highest BCUT2D eigenvalue weighted by molar-refractivity contribution is 7.51. The highest BCUT2D eigenvalue weighted by atomic mass is 31.2. The Balaban J connectivity index is 2.00. The fraction of sp³-hybridized carbons (Fsp3) is 0.667. The molecule has 1 aromatic heterocycles. The zero-order valence-corrected chi connectivity index (χ0v) is 12.0. The predicted molar refractivity (Wildman–Crippen MR) is 67.3 cm³/mol. The highest BCUT2D eigenvalue weighted by Crippen LogP contribution is 2.35. The first-order valence-corrected chi connectivity index (χ1v) is 7.83. The van der Waals surface area contributed by atoms with Gasteiger partial charge in [-0.05, 0) is 0 Å². The molecule has 2 heterocycles. The molecule has 22 heavy (non-hydrogen) atoms. The van der Waals surface area contributed by atoms with Crippen molar-refractivity contribution in [3.63, 3.8) is 0 Å². The highest BCUT2D eigenvalue weighted by Gasteiger charge is 2.44. The van der Waals surface area contributed by atoms with Gasteiger partial charge in [0.15, 0.2) is 6.23 Å². The molecule has 4 atom stereocenters. The number of primary amides is 1. The van der Waals surface area contributed by atoms with Crippen LogP contribution < -0.4 is 5.73 Å². The van der Waals surface area contributed by atoms with E-state index in [2.05, 4.69) is 10.1 Å². The number of carbonyl (C=O) groups is 1. The minimum Gasteiger partial charge on any atom is -0.387 e. The van der Waals surface area contributed by atoms with Crippen LogP contribution in [0.25, 0.3) is 0 Å². The van der Waals surface area contributed by atoms with Gasteiger partial charge in [-0.3, -0.25) is 9.36 Å². The number of hydrogen-bond donors (Lipinski definition) is 5. The van der Waals surface area contributed by atoms with Gasteiger partial charge < -0.3 is 35.2 Å². The molecule has 0 aromatic carbocycles. The van der Waals surface area contributed by atoms with Gasteiger partial charge in [0.05, 0.1) is 6.61 Å². The van der Waals surface area contributed by atoms with Crippen molar-refractivity contribution in [1.29, 1.82) is 0 Å². The van der Waals surface area contributed by atoms with Crippen LogP contribution in [0, 0.1) is 0 Å². The Morgan fingerprint density at radius 2 is 2.14 bits per heavy atom. The summed E-state index contributed by atoms with van der Waals surface area (Å²) in [5.41, 5.74) is 5.00. The van der Waals surface area contributed by atoms with Gasteiger partial charge in [-0.2, -0.15) is 0 Å². The molecule has 6 N–H and O–H groups in total. The van der Waals surface area contributed by atoms with Crippen molar-refractivity contribution in [1.82, 2.24) is 14.8 Å². The van der Waals surface area contributed by atoms with Crippen LogP contribution in [0.15, 0.2) is 6.33 Å². The molecule has 0 radical (unpaired) electrons. The number of hydrogen-bond acceptors (Lipinski definition) is 8. The number of aromatic nitrogens is 3. The zero-order chi connectivity index (χ0) is 16.5. The summed E-state index contributed by atoms with van der Waals surface area (Å²) in [6.07, 6.45) is -4.68. The number of ether oxygens (including phenoxy) is 2. The van der Waals surface area contributed by atoms with E-state index in [1.165, 1.54) is 0 Å². The molecule has 1 amide bonds. The molecule has 124 valence electrons. The average Bonchev–Trinajstić information content (AvgIpc) is 2.98. The van der Waals surface area contributed by atoms with Gasteiger partial charge in [0.2, 0.25) is 5.82 Å². The first-order chi connectivity index (χ1) is 10.2. The molecule has 1 aliphatic heterocycles. The van der Waals surface area contributed by atoms with Crippen molar-refractivity contribution < 1.29 is 38.8 Å². The first kappa shape index (κ1) is 17.0. The number of carbonyl (C=O) groups excluding carboxylic acids is 1. The number of aliphatic hydroxyl groups is 2. The minimum atomic E-state index is -4.34. The summed E-state index contributed by atoms with van der Waals surface area (Å²) < 4.78 is 21.7. The Morgan fingerprint density at radius 3 is 2.68 bits per heavy atom. The zero-order valence-electron chi connectivity index (χ0n) is 11.1. The summed E-state index contributed by atoms with van der Waals surface area (Å²) >= 11 is 0. The third-order valence-corrected chi connectivity index (χ3v) is 3.39. The maximum absolute atomic E-state index is 10.9. The Hall–Kier alpha value is -1.40. The molecule has 1 fully saturated rings. The third-order valence-electron chi connectivity index (χ3n) is 2.87. The summed E-state index contributed by atoms with van der Waals surface area (Å²) in [7, 11) is -4.34. The fourth-order valence-electron chi connectivity index (χ4n) is 1.88. The molecular weight excluding hydrogens is 323 g/mol. The Morgan fingerprint density at radius 1 is 1.45 bits per heavy atom. The molecule has 0 bridgehead atoms. The summed E-state index contributed by atoms with van der Waals surface area (Å²) in [5.74, 6) is -1.15. The van der Waals surface area contributed by atoms with E-state index in [1.807, 2.05) is 0 Å². The Labute approximate surface area is 123 Å².